The molecule has 0 aromatic heterocycles. The van der Waals surface area contributed by atoms with Gasteiger partial charge in [-0.3, -0.25) is 0 Å². The van der Waals surface area contributed by atoms with E-state index in [9.17, 15) is 0 Å². The Balaban J connectivity index is 2.33. The van der Waals surface area contributed by atoms with Crippen molar-refractivity contribution in [2.45, 2.75) is 64.0 Å². The van der Waals surface area contributed by atoms with Crippen molar-refractivity contribution in [2.24, 2.45) is 0 Å². The van der Waals surface area contributed by atoms with Gasteiger partial charge in [0.25, 0.3) is 0 Å². The van der Waals surface area contributed by atoms with Gasteiger partial charge in [-0.25, -0.2) is 0 Å². The standard InChI is InChI=1S/C14H24S/c1-3-12-6-5-7-13(9-8-12)10-11-14(15)4-2/h3,7,14-15H,4-6,8-11H2,1-2H3. The number of hydrogen-bond donors (Lipinski definition) is 1. The summed E-state index contributed by atoms with van der Waals surface area (Å²) in [4.78, 5) is 0. The first-order chi connectivity index (χ1) is 7.26. The van der Waals surface area contributed by atoms with Crippen molar-refractivity contribution in [3.8, 4) is 0 Å². The summed E-state index contributed by atoms with van der Waals surface area (Å²) < 4.78 is 0. The molecule has 0 heterocycles. The highest BCUT2D eigenvalue weighted by Gasteiger charge is 2.07. The molecular formula is C14H24S. The van der Waals surface area contributed by atoms with E-state index in [0.29, 0.717) is 5.25 Å². The minimum Gasteiger partial charge on any atom is -0.176 e. The second-order valence-electron chi connectivity index (χ2n) is 4.45. The molecule has 0 bridgehead atoms. The summed E-state index contributed by atoms with van der Waals surface area (Å²) in [5.41, 5.74) is 3.30. The smallest absolute Gasteiger partial charge is 0.00172 e. The zero-order valence-electron chi connectivity index (χ0n) is 10.1. The van der Waals surface area contributed by atoms with E-state index in [4.69, 9.17) is 0 Å². The molecule has 1 atom stereocenters. The Morgan fingerprint density at radius 1 is 1.40 bits per heavy atom. The molecule has 1 aliphatic rings. The van der Waals surface area contributed by atoms with Crippen LogP contribution in [-0.4, -0.2) is 5.25 Å². The Morgan fingerprint density at radius 2 is 2.20 bits per heavy atom. The fraction of sp³-hybridized carbons (Fsp3) is 0.714. The molecule has 1 unspecified atom stereocenters. The van der Waals surface area contributed by atoms with Crippen LogP contribution in [-0.2, 0) is 0 Å². The fourth-order valence-corrected chi connectivity index (χ4v) is 2.21. The average Bonchev–Trinajstić information content (AvgIpc) is 2.50. The van der Waals surface area contributed by atoms with Crippen molar-refractivity contribution in [2.75, 3.05) is 0 Å². The highest BCUT2D eigenvalue weighted by atomic mass is 32.1. The van der Waals surface area contributed by atoms with Gasteiger partial charge in [0.05, 0.1) is 0 Å². The van der Waals surface area contributed by atoms with E-state index in [0.717, 1.165) is 0 Å². The third-order valence-electron chi connectivity index (χ3n) is 3.34. The van der Waals surface area contributed by atoms with Crippen molar-refractivity contribution in [1.29, 1.82) is 0 Å². The summed E-state index contributed by atoms with van der Waals surface area (Å²) in [7, 11) is 0. The fourth-order valence-electron chi connectivity index (χ4n) is 2.08. The van der Waals surface area contributed by atoms with Crippen molar-refractivity contribution < 1.29 is 0 Å². The Labute approximate surface area is 100 Å². The third-order valence-corrected chi connectivity index (χ3v) is 3.97. The van der Waals surface area contributed by atoms with Gasteiger partial charge >= 0.3 is 0 Å². The van der Waals surface area contributed by atoms with Crippen LogP contribution in [0.15, 0.2) is 23.3 Å². The number of thiol groups is 1. The van der Waals surface area contributed by atoms with E-state index in [1.807, 2.05) is 0 Å². The van der Waals surface area contributed by atoms with Crippen molar-refractivity contribution in [3.05, 3.63) is 23.3 Å². The zero-order chi connectivity index (χ0) is 11.1. The molecule has 0 spiro atoms. The van der Waals surface area contributed by atoms with Crippen LogP contribution in [0.2, 0.25) is 0 Å². The van der Waals surface area contributed by atoms with Gasteiger partial charge in [0.2, 0.25) is 0 Å². The van der Waals surface area contributed by atoms with Crippen LogP contribution in [0.4, 0.5) is 0 Å². The average molecular weight is 224 g/mol. The van der Waals surface area contributed by atoms with Gasteiger partial charge in [-0.15, -0.1) is 0 Å². The van der Waals surface area contributed by atoms with E-state index < -0.39 is 0 Å². The molecule has 0 aromatic carbocycles. The van der Waals surface area contributed by atoms with Gasteiger partial charge < -0.3 is 0 Å². The summed E-state index contributed by atoms with van der Waals surface area (Å²) in [5, 5.41) is 0.593. The summed E-state index contributed by atoms with van der Waals surface area (Å²) in [5.74, 6) is 0. The Hall–Kier alpha value is -0.170. The van der Waals surface area contributed by atoms with E-state index in [-0.39, 0.29) is 0 Å². The first-order valence-corrected chi connectivity index (χ1v) is 6.78. The van der Waals surface area contributed by atoms with Crippen LogP contribution >= 0.6 is 12.6 Å². The highest BCUT2D eigenvalue weighted by molar-refractivity contribution is 7.80. The monoisotopic (exact) mass is 224 g/mol. The molecule has 0 saturated carbocycles. The number of rotatable bonds is 4. The van der Waals surface area contributed by atoms with Gasteiger partial charge in [0.1, 0.15) is 0 Å². The summed E-state index contributed by atoms with van der Waals surface area (Å²) in [6.07, 6.45) is 13.6. The molecule has 0 amide bonds. The van der Waals surface area contributed by atoms with Crippen LogP contribution in [0.25, 0.3) is 0 Å². The van der Waals surface area contributed by atoms with E-state index >= 15 is 0 Å². The Bertz CT molecular complexity index is 238. The molecule has 1 aliphatic carbocycles. The van der Waals surface area contributed by atoms with E-state index in [1.165, 1.54) is 44.9 Å². The lowest BCUT2D eigenvalue weighted by Gasteiger charge is -2.09. The normalized spacial score (nSPS) is 22.3. The van der Waals surface area contributed by atoms with Crippen LogP contribution < -0.4 is 0 Å². The molecule has 1 rings (SSSR count). The minimum absolute atomic E-state index is 0.593. The SMILES string of the molecule is CC=C1CCC=C(CCC(S)CC)CC1. The van der Waals surface area contributed by atoms with Gasteiger partial charge in [0.15, 0.2) is 0 Å². The quantitative estimate of drug-likeness (QED) is 0.508. The van der Waals surface area contributed by atoms with Crippen LogP contribution in [0.1, 0.15) is 58.8 Å². The lowest BCUT2D eigenvalue weighted by Crippen LogP contribution is -1.97. The Morgan fingerprint density at radius 3 is 2.87 bits per heavy atom. The van der Waals surface area contributed by atoms with Crippen molar-refractivity contribution >= 4 is 12.6 Å². The maximum atomic E-state index is 4.55. The lowest BCUT2D eigenvalue weighted by molar-refractivity contribution is 0.714. The molecule has 15 heavy (non-hydrogen) atoms. The van der Waals surface area contributed by atoms with Crippen LogP contribution in [0.5, 0.6) is 0 Å². The van der Waals surface area contributed by atoms with E-state index in [2.05, 4.69) is 38.6 Å². The highest BCUT2D eigenvalue weighted by Crippen LogP contribution is 2.26. The summed E-state index contributed by atoms with van der Waals surface area (Å²) >= 11 is 4.55. The zero-order valence-corrected chi connectivity index (χ0v) is 11.0. The molecule has 0 radical (unpaired) electrons. The van der Waals surface area contributed by atoms with Gasteiger partial charge in [-0.1, -0.05) is 30.2 Å². The second kappa shape index (κ2) is 7.16. The van der Waals surface area contributed by atoms with Gasteiger partial charge in [0, 0.05) is 5.25 Å². The maximum Gasteiger partial charge on any atom is 0.00172 e. The molecular weight excluding hydrogens is 200 g/mol. The van der Waals surface area contributed by atoms with Gasteiger partial charge in [-0.05, 0) is 51.9 Å². The molecule has 0 nitrogen and oxygen atoms in total. The lowest BCUT2D eigenvalue weighted by atomic mass is 10.0. The number of hydrogen-bond acceptors (Lipinski definition) is 1. The maximum absolute atomic E-state index is 4.55. The molecule has 0 aromatic rings. The van der Waals surface area contributed by atoms with E-state index in [1.54, 1.807) is 11.1 Å². The minimum atomic E-state index is 0.593. The van der Waals surface area contributed by atoms with Crippen LogP contribution in [0.3, 0.4) is 0 Å². The molecule has 0 aliphatic heterocycles. The molecule has 0 N–H and O–H groups in total. The van der Waals surface area contributed by atoms with Crippen LogP contribution in [0, 0.1) is 0 Å². The molecule has 86 valence electrons. The number of allylic oxidation sites excluding steroid dienone is 4. The second-order valence-corrected chi connectivity index (χ2v) is 5.18. The first kappa shape index (κ1) is 12.9. The largest absolute Gasteiger partial charge is 0.176 e. The molecule has 0 saturated heterocycles. The van der Waals surface area contributed by atoms with Crippen molar-refractivity contribution in [3.63, 3.8) is 0 Å². The predicted octanol–water partition coefficient (Wildman–Crippen LogP) is 4.92. The Kier molecular flexibility index (Phi) is 6.16. The van der Waals surface area contributed by atoms with Gasteiger partial charge in [-0.2, -0.15) is 12.6 Å². The summed E-state index contributed by atoms with van der Waals surface area (Å²) in [6, 6.07) is 0. The third kappa shape index (κ3) is 4.92. The summed E-state index contributed by atoms with van der Waals surface area (Å²) in [6.45, 7) is 4.39. The first-order valence-electron chi connectivity index (χ1n) is 6.26. The predicted molar refractivity (Wildman–Crippen MR) is 72.6 cm³/mol. The van der Waals surface area contributed by atoms with Crippen molar-refractivity contribution in [1.82, 2.24) is 0 Å². The molecule has 0 fully saturated rings. The molecule has 1 heteroatoms. The topological polar surface area (TPSA) is 0 Å².